The average molecular weight is 1060 g/mol. The quantitative estimate of drug-likeness (QED) is 0.114. The van der Waals surface area contributed by atoms with Gasteiger partial charge in [0.05, 0.1) is 47.6 Å². The Kier molecular flexibility index (Phi) is 14.3. The summed E-state index contributed by atoms with van der Waals surface area (Å²) in [5.41, 5.74) is 2.42. The number of halogens is 4. The molecule has 2 unspecified atom stereocenters. The summed E-state index contributed by atoms with van der Waals surface area (Å²) in [6, 6.07) is 27.1. The van der Waals surface area contributed by atoms with E-state index in [0.717, 1.165) is 95.5 Å². The fourth-order valence-electron chi connectivity index (χ4n) is 9.02. The Morgan fingerprint density at radius 2 is 0.986 bits per heavy atom. The Balaban J connectivity index is 1.04. The second kappa shape index (κ2) is 20.8. The summed E-state index contributed by atoms with van der Waals surface area (Å²) in [6.07, 6.45) is -1.36. The van der Waals surface area contributed by atoms with E-state index in [1.54, 1.807) is 0 Å². The summed E-state index contributed by atoms with van der Waals surface area (Å²) in [5.74, 6) is -2.42. The van der Waals surface area contributed by atoms with Crippen molar-refractivity contribution in [3.63, 3.8) is 0 Å². The molecule has 70 heavy (non-hydrogen) atoms. The molecule has 2 aromatic heterocycles. The van der Waals surface area contributed by atoms with Crippen LogP contribution in [0.2, 0.25) is 10.0 Å². The second-order valence-electron chi connectivity index (χ2n) is 16.7. The number of thioether (sulfide) groups is 2. The minimum absolute atomic E-state index is 0.0164. The largest absolute Gasteiger partial charge is 0.518 e. The second-order valence-corrected chi connectivity index (χ2v) is 21.2. The molecule has 0 spiro atoms. The lowest BCUT2D eigenvalue weighted by Gasteiger charge is -2.40. The molecule has 11 nitrogen and oxygen atoms in total. The molecule has 2 saturated heterocycles. The van der Waals surface area contributed by atoms with Crippen LogP contribution in [0.3, 0.4) is 0 Å². The molecular formula is C51H42Cl2F2N4O7S4. The van der Waals surface area contributed by atoms with Gasteiger partial charge in [-0.3, -0.25) is 9.59 Å². The number of nitrogens with one attached hydrogen (secondary N) is 2. The fraction of sp³-hybridized carbons (Fsp3) is 0.235. The van der Waals surface area contributed by atoms with Gasteiger partial charge >= 0.3 is 6.16 Å². The minimum Gasteiger partial charge on any atom is -0.398 e. The number of anilines is 2. The highest BCUT2D eigenvalue weighted by Gasteiger charge is 2.47. The van der Waals surface area contributed by atoms with Gasteiger partial charge in [0.15, 0.2) is 0 Å². The molecule has 2 atom stereocenters. The van der Waals surface area contributed by atoms with Gasteiger partial charge in [-0.25, -0.2) is 13.6 Å². The van der Waals surface area contributed by atoms with Gasteiger partial charge in [-0.05, 0) is 117 Å². The van der Waals surface area contributed by atoms with Gasteiger partial charge in [-0.2, -0.15) is 22.7 Å². The van der Waals surface area contributed by atoms with Gasteiger partial charge in [0.2, 0.25) is 0 Å². The predicted molar refractivity (Wildman–Crippen MR) is 271 cm³/mol. The van der Waals surface area contributed by atoms with Crippen LogP contribution < -0.4 is 20.4 Å². The van der Waals surface area contributed by atoms with Crippen LogP contribution in [-0.4, -0.2) is 70.6 Å². The summed E-state index contributed by atoms with van der Waals surface area (Å²) >= 11 is 17.8. The van der Waals surface area contributed by atoms with Crippen molar-refractivity contribution in [3.05, 3.63) is 184 Å². The van der Waals surface area contributed by atoms with E-state index in [1.807, 2.05) is 82.2 Å². The number of benzene rings is 4. The molecule has 0 bridgehead atoms. The molecule has 4 aliphatic rings. The Hall–Kier alpha value is -5.37. The zero-order chi connectivity index (χ0) is 48.4. The molecule has 4 aliphatic heterocycles. The SMILES string of the molecule is O=C(OC1=C(Sc2ccc(F)cc2Cl)C(=O)NC(c2ccc(N3CCOCC3)cc2)(c2ccsc2)C1)OC1=C(Sc2ccc(F)cc2Cl)C(=O)NC(c2ccc(N3CCOCC3)cc2)(c2ccsc2)C1. The smallest absolute Gasteiger partial charge is 0.398 e. The van der Waals surface area contributed by atoms with E-state index in [0.29, 0.717) is 36.2 Å². The number of carbonyl (C=O) groups excluding carboxylic acids is 3. The summed E-state index contributed by atoms with van der Waals surface area (Å²) in [7, 11) is 0. The third kappa shape index (κ3) is 9.95. The Morgan fingerprint density at radius 3 is 1.34 bits per heavy atom. The molecule has 6 aromatic rings. The van der Waals surface area contributed by atoms with Crippen LogP contribution in [-0.2, 0) is 39.6 Å². The van der Waals surface area contributed by atoms with Gasteiger partial charge in [0.1, 0.15) is 33.0 Å². The third-order valence-corrected chi connectivity index (χ3v) is 17.2. The minimum atomic E-state index is -1.24. The lowest BCUT2D eigenvalue weighted by atomic mass is 9.79. The first-order chi connectivity index (χ1) is 34.0. The van der Waals surface area contributed by atoms with E-state index >= 15 is 0 Å². The summed E-state index contributed by atoms with van der Waals surface area (Å²) in [5, 5.41) is 14.2. The number of ether oxygens (including phenoxy) is 4. The number of nitrogens with zero attached hydrogens (tertiary/aromatic N) is 2. The number of morpholine rings is 2. The predicted octanol–water partition coefficient (Wildman–Crippen LogP) is 11.5. The van der Waals surface area contributed by atoms with Crippen LogP contribution in [0.5, 0.6) is 0 Å². The van der Waals surface area contributed by atoms with Crippen molar-refractivity contribution < 1.29 is 42.1 Å². The summed E-state index contributed by atoms with van der Waals surface area (Å²) in [4.78, 5) is 49.3. The number of carbonyl (C=O) groups is 3. The maximum Gasteiger partial charge on any atom is 0.518 e. The van der Waals surface area contributed by atoms with Crippen molar-refractivity contribution in [2.24, 2.45) is 0 Å². The molecule has 360 valence electrons. The van der Waals surface area contributed by atoms with E-state index in [9.17, 15) is 23.2 Å². The van der Waals surface area contributed by atoms with Crippen molar-refractivity contribution in [1.82, 2.24) is 10.6 Å². The number of thiophene rings is 2. The van der Waals surface area contributed by atoms with Crippen LogP contribution in [0.15, 0.2) is 150 Å². The molecule has 10 rings (SSSR count). The average Bonchev–Trinajstić information content (AvgIpc) is 4.13. The van der Waals surface area contributed by atoms with Gasteiger partial charge in [0.25, 0.3) is 11.8 Å². The maximum atomic E-state index is 14.7. The maximum absolute atomic E-state index is 14.7. The lowest BCUT2D eigenvalue weighted by Crippen LogP contribution is -2.51. The van der Waals surface area contributed by atoms with Crippen LogP contribution in [0.1, 0.15) is 35.1 Å². The van der Waals surface area contributed by atoms with Crippen molar-refractivity contribution >= 4 is 98.7 Å². The Morgan fingerprint density at radius 1 is 0.586 bits per heavy atom. The standard InChI is InChI=1S/C51H42Cl2F2N4O7S4/c52-39-25-35(54)5-11-43(39)69-45-41(27-50(56-47(45)60,33-13-23-67-29-33)31-1-7-37(8-2-31)58-15-19-63-20-16-58)65-49(62)66-42-28-51(34-14-24-68-30-34,32-3-9-38(10-4-32)59-17-21-64-22-18-59)57-48(61)46(42)70-44-12-6-36(55)26-40(44)53/h1-14,23-26,29-30H,15-22,27-28H2,(H,56,60)(H,57,61). The van der Waals surface area contributed by atoms with Gasteiger partial charge in [-0.1, -0.05) is 71.0 Å². The molecule has 19 heteroatoms. The number of rotatable bonds is 12. The number of hydrogen-bond donors (Lipinski definition) is 2. The normalized spacial score (nSPS) is 20.9. The van der Waals surface area contributed by atoms with E-state index in [-0.39, 0.29) is 44.2 Å². The molecule has 0 radical (unpaired) electrons. The van der Waals surface area contributed by atoms with Gasteiger partial charge < -0.3 is 39.4 Å². The third-order valence-electron chi connectivity index (χ3n) is 12.5. The van der Waals surface area contributed by atoms with Crippen LogP contribution >= 0.6 is 69.4 Å². The molecular weight excluding hydrogens is 1020 g/mol. The van der Waals surface area contributed by atoms with E-state index in [2.05, 4.69) is 20.4 Å². The topological polar surface area (TPSA) is 119 Å². The van der Waals surface area contributed by atoms with Crippen molar-refractivity contribution in [1.29, 1.82) is 0 Å². The molecule has 2 amide bonds. The zero-order valence-corrected chi connectivity index (χ0v) is 41.8. The Bertz CT molecular complexity index is 2790. The molecule has 2 N–H and O–H groups in total. The molecule has 0 aliphatic carbocycles. The molecule has 0 saturated carbocycles. The van der Waals surface area contributed by atoms with Gasteiger partial charge in [0, 0.05) is 60.2 Å². The highest BCUT2D eigenvalue weighted by atomic mass is 35.5. The highest BCUT2D eigenvalue weighted by molar-refractivity contribution is 8.04. The fourth-order valence-corrected chi connectivity index (χ4v) is 12.8. The van der Waals surface area contributed by atoms with Crippen molar-refractivity contribution in [3.8, 4) is 0 Å². The van der Waals surface area contributed by atoms with E-state index in [1.165, 1.54) is 46.9 Å². The van der Waals surface area contributed by atoms with Gasteiger partial charge in [-0.15, -0.1) is 0 Å². The first kappa shape index (κ1) is 48.3. The van der Waals surface area contributed by atoms with Crippen molar-refractivity contribution in [2.75, 3.05) is 62.4 Å². The number of amides is 2. The van der Waals surface area contributed by atoms with Crippen LogP contribution in [0.25, 0.3) is 0 Å². The molecule has 2 fully saturated rings. The Labute approximate surface area is 428 Å². The van der Waals surface area contributed by atoms with Crippen LogP contribution in [0.4, 0.5) is 25.0 Å². The number of hydrogen-bond acceptors (Lipinski definition) is 13. The van der Waals surface area contributed by atoms with Crippen LogP contribution in [0, 0.1) is 11.6 Å². The molecule has 6 heterocycles. The first-order valence-electron chi connectivity index (χ1n) is 22.2. The molecule has 4 aromatic carbocycles. The van der Waals surface area contributed by atoms with Crippen molar-refractivity contribution in [2.45, 2.75) is 33.7 Å². The van der Waals surface area contributed by atoms with E-state index in [4.69, 9.17) is 42.1 Å². The highest BCUT2D eigenvalue weighted by Crippen LogP contribution is 2.48. The monoisotopic (exact) mass is 1060 g/mol. The van der Waals surface area contributed by atoms with E-state index < -0.39 is 40.7 Å². The lowest BCUT2D eigenvalue weighted by molar-refractivity contribution is -0.120. The zero-order valence-electron chi connectivity index (χ0n) is 37.0. The first-order valence-corrected chi connectivity index (χ1v) is 26.4. The summed E-state index contributed by atoms with van der Waals surface area (Å²) in [6.45, 7) is 5.34. The summed E-state index contributed by atoms with van der Waals surface area (Å²) < 4.78 is 52.3.